The van der Waals surface area contributed by atoms with Gasteiger partial charge in [0, 0.05) is 5.38 Å². The van der Waals surface area contributed by atoms with E-state index in [1.54, 1.807) is 0 Å². The highest BCUT2D eigenvalue weighted by Crippen LogP contribution is 2.14. The second-order valence-corrected chi connectivity index (χ2v) is 2.25. The molecule has 1 N–H and O–H groups in total. The molecule has 5 heteroatoms. The molecular weight excluding hydrogens is 148 g/mol. The maximum Gasteiger partial charge on any atom is 0.304 e. The highest BCUT2D eigenvalue weighted by Gasteiger charge is 2.07. The summed E-state index contributed by atoms with van der Waals surface area (Å²) in [5.41, 5.74) is -0.301. The normalized spacial score (nSPS) is 10.6. The summed E-state index contributed by atoms with van der Waals surface area (Å²) in [6.07, 6.45) is -2.57. The van der Waals surface area contributed by atoms with Gasteiger partial charge in [0.05, 0.1) is 5.69 Å². The van der Waals surface area contributed by atoms with E-state index in [4.69, 9.17) is 0 Å². The van der Waals surface area contributed by atoms with Crippen molar-refractivity contribution >= 4 is 11.3 Å². The largest absolute Gasteiger partial charge is 0.311 e. The van der Waals surface area contributed by atoms with Crippen LogP contribution >= 0.6 is 11.3 Å². The summed E-state index contributed by atoms with van der Waals surface area (Å²) in [6, 6.07) is 0. The number of aromatic nitrogens is 1. The van der Waals surface area contributed by atoms with Crippen molar-refractivity contribution < 1.29 is 8.78 Å². The van der Waals surface area contributed by atoms with Gasteiger partial charge in [-0.25, -0.2) is 8.78 Å². The van der Waals surface area contributed by atoms with E-state index < -0.39 is 11.3 Å². The number of hydrogen-bond acceptors (Lipinski definition) is 2. The van der Waals surface area contributed by atoms with Crippen molar-refractivity contribution in [2.24, 2.45) is 0 Å². The van der Waals surface area contributed by atoms with Crippen LogP contribution in [0.1, 0.15) is 12.1 Å². The van der Waals surface area contributed by atoms with E-state index in [1.807, 2.05) is 4.98 Å². The first-order chi connectivity index (χ1) is 4.20. The van der Waals surface area contributed by atoms with E-state index in [-0.39, 0.29) is 5.69 Å². The summed E-state index contributed by atoms with van der Waals surface area (Å²) in [6.45, 7) is 0. The smallest absolute Gasteiger partial charge is 0.304 e. The Morgan fingerprint density at radius 2 is 2.33 bits per heavy atom. The van der Waals surface area contributed by atoms with Gasteiger partial charge >= 0.3 is 4.87 Å². The van der Waals surface area contributed by atoms with Gasteiger partial charge < -0.3 is 4.98 Å². The van der Waals surface area contributed by atoms with Crippen molar-refractivity contribution in [3.05, 3.63) is 20.7 Å². The Hall–Kier alpha value is -0.710. The number of halogens is 2. The van der Waals surface area contributed by atoms with Gasteiger partial charge in [0.2, 0.25) is 0 Å². The predicted octanol–water partition coefficient (Wildman–Crippen LogP) is 1.37. The third kappa shape index (κ3) is 1.35. The Morgan fingerprint density at radius 1 is 1.67 bits per heavy atom. The number of aromatic amines is 1. The van der Waals surface area contributed by atoms with Crippen LogP contribution in [0.3, 0.4) is 0 Å². The molecule has 0 saturated heterocycles. The van der Waals surface area contributed by atoms with E-state index in [9.17, 15) is 13.6 Å². The molecule has 1 aromatic rings. The number of alkyl halides is 2. The summed E-state index contributed by atoms with van der Waals surface area (Å²) >= 11 is 0.742. The zero-order valence-electron chi connectivity index (χ0n) is 4.23. The minimum atomic E-state index is -2.57. The molecule has 0 bridgehead atoms. The van der Waals surface area contributed by atoms with Crippen molar-refractivity contribution in [1.29, 1.82) is 0 Å². The standard InChI is InChI=1S/C4H3F2NOS/c5-3(6)2-1-9-4(8)7-2/h1,3H,(H,7,8). The lowest BCUT2D eigenvalue weighted by atomic mass is 10.5. The first kappa shape index (κ1) is 6.41. The lowest BCUT2D eigenvalue weighted by Crippen LogP contribution is -1.94. The molecule has 0 fully saturated rings. The van der Waals surface area contributed by atoms with Gasteiger partial charge in [-0.05, 0) is 0 Å². The van der Waals surface area contributed by atoms with Crippen LogP contribution in [0.25, 0.3) is 0 Å². The van der Waals surface area contributed by atoms with Crippen molar-refractivity contribution in [3.8, 4) is 0 Å². The minimum Gasteiger partial charge on any atom is -0.311 e. The van der Waals surface area contributed by atoms with Crippen molar-refractivity contribution in [1.82, 2.24) is 4.98 Å². The van der Waals surface area contributed by atoms with E-state index >= 15 is 0 Å². The lowest BCUT2D eigenvalue weighted by molar-refractivity contribution is 0.146. The fourth-order valence-corrected chi connectivity index (χ4v) is 0.972. The van der Waals surface area contributed by atoms with Crippen LogP contribution in [0.5, 0.6) is 0 Å². The minimum absolute atomic E-state index is 0.301. The molecule has 0 aliphatic heterocycles. The number of thiazole rings is 1. The van der Waals surface area contributed by atoms with Gasteiger partial charge in [0.25, 0.3) is 6.43 Å². The monoisotopic (exact) mass is 151 g/mol. The summed E-state index contributed by atoms with van der Waals surface area (Å²) in [4.78, 5) is 11.8. The number of nitrogens with one attached hydrogen (secondary N) is 1. The fourth-order valence-electron chi connectivity index (χ4n) is 0.400. The first-order valence-electron chi connectivity index (χ1n) is 2.16. The Kier molecular flexibility index (Phi) is 1.61. The molecule has 0 aliphatic carbocycles. The Balaban J connectivity index is 2.98. The van der Waals surface area contributed by atoms with Crippen LogP contribution < -0.4 is 4.87 Å². The summed E-state index contributed by atoms with van der Waals surface area (Å²) in [7, 11) is 0. The third-order valence-corrected chi connectivity index (χ3v) is 1.46. The van der Waals surface area contributed by atoms with Crippen LogP contribution in [0, 0.1) is 0 Å². The Bertz CT molecular complexity index is 241. The average molecular weight is 151 g/mol. The van der Waals surface area contributed by atoms with Crippen LogP contribution in [-0.4, -0.2) is 4.98 Å². The van der Waals surface area contributed by atoms with Gasteiger partial charge in [0.1, 0.15) is 0 Å². The second kappa shape index (κ2) is 2.26. The second-order valence-electron chi connectivity index (χ2n) is 1.40. The zero-order chi connectivity index (χ0) is 6.85. The van der Waals surface area contributed by atoms with Crippen LogP contribution in [0.15, 0.2) is 10.2 Å². The van der Waals surface area contributed by atoms with E-state index in [0.717, 1.165) is 16.7 Å². The summed E-state index contributed by atoms with van der Waals surface area (Å²) < 4.78 is 23.2. The first-order valence-corrected chi connectivity index (χ1v) is 3.04. The molecule has 0 unspecified atom stereocenters. The van der Waals surface area contributed by atoms with Gasteiger partial charge in [-0.3, -0.25) is 4.79 Å². The van der Waals surface area contributed by atoms with Crippen molar-refractivity contribution in [2.75, 3.05) is 0 Å². The van der Waals surface area contributed by atoms with Crippen LogP contribution in [0.4, 0.5) is 8.78 Å². The SMILES string of the molecule is O=c1[nH]c(C(F)F)cs1. The summed E-state index contributed by atoms with van der Waals surface area (Å²) in [5.74, 6) is 0. The zero-order valence-corrected chi connectivity index (χ0v) is 5.04. The van der Waals surface area contributed by atoms with E-state index in [1.165, 1.54) is 0 Å². The molecule has 1 rings (SSSR count). The third-order valence-electron chi connectivity index (χ3n) is 0.774. The van der Waals surface area contributed by atoms with Gasteiger partial charge in [0.15, 0.2) is 0 Å². The molecule has 0 amide bonds. The molecule has 50 valence electrons. The molecule has 1 heterocycles. The highest BCUT2D eigenvalue weighted by molar-refractivity contribution is 7.07. The molecule has 0 radical (unpaired) electrons. The summed E-state index contributed by atoms with van der Waals surface area (Å²) in [5, 5.41) is 1.12. The topological polar surface area (TPSA) is 32.9 Å². The number of H-pyrrole nitrogens is 1. The molecule has 0 saturated carbocycles. The van der Waals surface area contributed by atoms with Gasteiger partial charge in [-0.15, -0.1) is 0 Å². The van der Waals surface area contributed by atoms with Crippen molar-refractivity contribution in [2.45, 2.75) is 6.43 Å². The molecule has 0 atom stereocenters. The Morgan fingerprint density at radius 3 is 2.56 bits per heavy atom. The van der Waals surface area contributed by atoms with Gasteiger partial charge in [-0.1, -0.05) is 11.3 Å². The Labute approximate surface area is 53.1 Å². The van der Waals surface area contributed by atoms with Gasteiger partial charge in [-0.2, -0.15) is 0 Å². The molecular formula is C4H3F2NOS. The number of hydrogen-bond donors (Lipinski definition) is 1. The van der Waals surface area contributed by atoms with Crippen LogP contribution in [0.2, 0.25) is 0 Å². The maximum atomic E-state index is 11.6. The van der Waals surface area contributed by atoms with Crippen LogP contribution in [-0.2, 0) is 0 Å². The molecule has 1 aromatic heterocycles. The van der Waals surface area contributed by atoms with E-state index in [0.29, 0.717) is 0 Å². The quantitative estimate of drug-likeness (QED) is 0.646. The van der Waals surface area contributed by atoms with E-state index in [2.05, 4.69) is 0 Å². The molecule has 0 aromatic carbocycles. The predicted molar refractivity (Wildman–Crippen MR) is 29.9 cm³/mol. The lowest BCUT2D eigenvalue weighted by Gasteiger charge is -1.87. The van der Waals surface area contributed by atoms with Crippen molar-refractivity contribution in [3.63, 3.8) is 0 Å². The molecule has 9 heavy (non-hydrogen) atoms. The average Bonchev–Trinajstić information content (AvgIpc) is 2.14. The fraction of sp³-hybridized carbons (Fsp3) is 0.250. The molecule has 2 nitrogen and oxygen atoms in total. The molecule has 0 aliphatic rings. The highest BCUT2D eigenvalue weighted by atomic mass is 32.1. The molecule has 0 spiro atoms. The maximum absolute atomic E-state index is 11.6. The number of rotatable bonds is 1.